The van der Waals surface area contributed by atoms with E-state index in [1.165, 1.54) is 5.57 Å². The minimum atomic E-state index is -0.00914. The van der Waals surface area contributed by atoms with E-state index in [4.69, 9.17) is 5.11 Å². The van der Waals surface area contributed by atoms with Crippen LogP contribution in [0.1, 0.15) is 26.7 Å². The smallest absolute Gasteiger partial charge is 0.0737 e. The normalized spacial score (nSPS) is 20.5. The molecule has 0 saturated heterocycles. The second-order valence-corrected chi connectivity index (χ2v) is 3.46. The number of nitrogens with zero attached hydrogens (tertiary/aromatic N) is 1. The Morgan fingerprint density at radius 1 is 1.55 bits per heavy atom. The van der Waals surface area contributed by atoms with E-state index in [0.29, 0.717) is 0 Å². The predicted molar refractivity (Wildman–Crippen MR) is 47.0 cm³/mol. The zero-order valence-corrected chi connectivity index (χ0v) is 7.17. The first-order valence-electron chi connectivity index (χ1n) is 4.02. The van der Waals surface area contributed by atoms with Gasteiger partial charge in [0.05, 0.1) is 5.54 Å². The van der Waals surface area contributed by atoms with Crippen LogP contribution in [-0.4, -0.2) is 23.5 Å². The quantitative estimate of drug-likeness (QED) is 0.655. The van der Waals surface area contributed by atoms with E-state index in [0.717, 1.165) is 12.8 Å². The second kappa shape index (κ2) is 3.18. The van der Waals surface area contributed by atoms with Gasteiger partial charge in [0.2, 0.25) is 0 Å². The number of rotatable bonds is 3. The summed E-state index contributed by atoms with van der Waals surface area (Å²) in [5.74, 6) is 0. The molecule has 2 nitrogen and oxygen atoms in total. The lowest BCUT2D eigenvalue weighted by Crippen LogP contribution is -2.08. The fraction of sp³-hybridized carbons (Fsp3) is 0.667. The first-order chi connectivity index (χ1) is 5.14. The third-order valence-electron chi connectivity index (χ3n) is 1.73. The molecule has 11 heavy (non-hydrogen) atoms. The number of aliphatic imine (C=N–C) groups is 1. The standard InChI is InChI=1S/C9H15NO/c1-9(2)6-8(7-10-9)4-3-5-11/h6-7,11H,3-5H2,1-2H3. The van der Waals surface area contributed by atoms with Crippen molar-refractivity contribution in [2.45, 2.75) is 32.2 Å². The lowest BCUT2D eigenvalue weighted by atomic mass is 10.0. The fourth-order valence-corrected chi connectivity index (χ4v) is 1.20. The van der Waals surface area contributed by atoms with Crippen LogP contribution in [0.3, 0.4) is 0 Å². The molecule has 0 amide bonds. The van der Waals surface area contributed by atoms with E-state index in [1.807, 2.05) is 6.21 Å². The first-order valence-corrected chi connectivity index (χ1v) is 4.02. The maximum Gasteiger partial charge on any atom is 0.0737 e. The average Bonchev–Trinajstić information content (AvgIpc) is 2.26. The third kappa shape index (κ3) is 2.46. The Morgan fingerprint density at radius 3 is 2.73 bits per heavy atom. The van der Waals surface area contributed by atoms with Gasteiger partial charge in [-0.1, -0.05) is 6.08 Å². The van der Waals surface area contributed by atoms with Crippen LogP contribution < -0.4 is 0 Å². The van der Waals surface area contributed by atoms with Crippen LogP contribution in [-0.2, 0) is 0 Å². The van der Waals surface area contributed by atoms with Crippen LogP contribution in [0.5, 0.6) is 0 Å². The van der Waals surface area contributed by atoms with Crippen LogP contribution in [0.25, 0.3) is 0 Å². The molecule has 0 unspecified atom stereocenters. The van der Waals surface area contributed by atoms with Gasteiger partial charge in [0.15, 0.2) is 0 Å². The van der Waals surface area contributed by atoms with Gasteiger partial charge in [-0.25, -0.2) is 0 Å². The molecule has 1 rings (SSSR count). The molecule has 2 heteroatoms. The lowest BCUT2D eigenvalue weighted by Gasteiger charge is -2.08. The van der Waals surface area contributed by atoms with Gasteiger partial charge >= 0.3 is 0 Å². The van der Waals surface area contributed by atoms with Gasteiger partial charge in [-0.2, -0.15) is 0 Å². The van der Waals surface area contributed by atoms with Crippen LogP contribution in [0, 0.1) is 0 Å². The van der Waals surface area contributed by atoms with Gasteiger partial charge in [0.25, 0.3) is 0 Å². The summed E-state index contributed by atoms with van der Waals surface area (Å²) in [5.41, 5.74) is 1.24. The Balaban J connectivity index is 2.44. The van der Waals surface area contributed by atoms with Crippen molar-refractivity contribution in [2.24, 2.45) is 4.99 Å². The predicted octanol–water partition coefficient (Wildman–Crippen LogP) is 1.55. The van der Waals surface area contributed by atoms with Crippen molar-refractivity contribution in [2.75, 3.05) is 6.61 Å². The summed E-state index contributed by atoms with van der Waals surface area (Å²) < 4.78 is 0. The van der Waals surface area contributed by atoms with Gasteiger partial charge in [-0.3, -0.25) is 4.99 Å². The maximum atomic E-state index is 8.58. The minimum Gasteiger partial charge on any atom is -0.396 e. The fourth-order valence-electron chi connectivity index (χ4n) is 1.20. The van der Waals surface area contributed by atoms with Crippen molar-refractivity contribution in [3.63, 3.8) is 0 Å². The maximum absolute atomic E-state index is 8.58. The van der Waals surface area contributed by atoms with Gasteiger partial charge in [0, 0.05) is 12.8 Å². The third-order valence-corrected chi connectivity index (χ3v) is 1.73. The molecule has 0 aromatic heterocycles. The van der Waals surface area contributed by atoms with Crippen molar-refractivity contribution in [1.29, 1.82) is 0 Å². The molecule has 0 aliphatic carbocycles. The molecule has 0 spiro atoms. The molecule has 62 valence electrons. The molecular formula is C9H15NO. The summed E-state index contributed by atoms with van der Waals surface area (Å²) in [6.45, 7) is 4.43. The molecule has 0 atom stereocenters. The number of allylic oxidation sites excluding steroid dienone is 1. The number of aliphatic hydroxyl groups excluding tert-OH is 1. The zero-order valence-electron chi connectivity index (χ0n) is 7.17. The summed E-state index contributed by atoms with van der Waals surface area (Å²) >= 11 is 0. The molecule has 1 heterocycles. The van der Waals surface area contributed by atoms with Gasteiger partial charge in [-0.15, -0.1) is 0 Å². The summed E-state index contributed by atoms with van der Waals surface area (Å²) in [7, 11) is 0. The summed E-state index contributed by atoms with van der Waals surface area (Å²) in [4.78, 5) is 4.30. The van der Waals surface area contributed by atoms with Gasteiger partial charge < -0.3 is 5.11 Å². The van der Waals surface area contributed by atoms with Crippen LogP contribution in [0.2, 0.25) is 0 Å². The monoisotopic (exact) mass is 153 g/mol. The van der Waals surface area contributed by atoms with E-state index in [2.05, 4.69) is 24.9 Å². The summed E-state index contributed by atoms with van der Waals surface area (Å²) in [5, 5.41) is 8.58. The van der Waals surface area contributed by atoms with Crippen LogP contribution >= 0.6 is 0 Å². The Morgan fingerprint density at radius 2 is 2.27 bits per heavy atom. The van der Waals surface area contributed by atoms with Crippen molar-refractivity contribution in [3.05, 3.63) is 11.6 Å². The molecule has 0 fully saturated rings. The number of aliphatic hydroxyl groups is 1. The molecule has 1 aliphatic heterocycles. The molecule has 1 aliphatic rings. The van der Waals surface area contributed by atoms with Crippen molar-refractivity contribution in [1.82, 2.24) is 0 Å². The Hall–Kier alpha value is -0.630. The molecule has 0 saturated carbocycles. The van der Waals surface area contributed by atoms with Gasteiger partial charge in [-0.05, 0) is 32.3 Å². The van der Waals surface area contributed by atoms with E-state index in [9.17, 15) is 0 Å². The topological polar surface area (TPSA) is 32.6 Å². The van der Waals surface area contributed by atoms with Crippen molar-refractivity contribution in [3.8, 4) is 0 Å². The van der Waals surface area contributed by atoms with E-state index in [1.54, 1.807) is 0 Å². The summed E-state index contributed by atoms with van der Waals surface area (Å²) in [6, 6.07) is 0. The van der Waals surface area contributed by atoms with E-state index >= 15 is 0 Å². The van der Waals surface area contributed by atoms with E-state index in [-0.39, 0.29) is 12.1 Å². The van der Waals surface area contributed by atoms with Crippen LogP contribution in [0.4, 0.5) is 0 Å². The summed E-state index contributed by atoms with van der Waals surface area (Å²) in [6.07, 6.45) is 5.86. The molecular weight excluding hydrogens is 138 g/mol. The highest BCUT2D eigenvalue weighted by molar-refractivity contribution is 5.82. The number of hydrogen-bond acceptors (Lipinski definition) is 2. The Kier molecular flexibility index (Phi) is 2.45. The van der Waals surface area contributed by atoms with E-state index < -0.39 is 0 Å². The molecule has 0 bridgehead atoms. The average molecular weight is 153 g/mol. The number of hydrogen-bond donors (Lipinski definition) is 1. The molecule has 0 aromatic carbocycles. The SMILES string of the molecule is CC1(C)C=C(CCCO)C=N1. The van der Waals surface area contributed by atoms with Gasteiger partial charge in [0.1, 0.15) is 0 Å². The molecule has 0 aromatic rings. The first kappa shape index (κ1) is 8.47. The highest BCUT2D eigenvalue weighted by Crippen LogP contribution is 2.21. The highest BCUT2D eigenvalue weighted by atomic mass is 16.2. The largest absolute Gasteiger partial charge is 0.396 e. The molecule has 0 radical (unpaired) electrons. The minimum absolute atomic E-state index is 0.00914. The Bertz CT molecular complexity index is 192. The lowest BCUT2D eigenvalue weighted by molar-refractivity contribution is 0.289. The Labute approximate surface area is 67.7 Å². The van der Waals surface area contributed by atoms with Crippen LogP contribution in [0.15, 0.2) is 16.6 Å². The highest BCUT2D eigenvalue weighted by Gasteiger charge is 2.17. The zero-order chi connectivity index (χ0) is 8.32. The second-order valence-electron chi connectivity index (χ2n) is 3.46. The van der Waals surface area contributed by atoms with Crippen molar-refractivity contribution < 1.29 is 5.11 Å². The van der Waals surface area contributed by atoms with Crippen molar-refractivity contribution >= 4 is 6.21 Å². The molecule has 1 N–H and O–H groups in total.